The van der Waals surface area contributed by atoms with Crippen molar-refractivity contribution < 1.29 is 8.42 Å². The lowest BCUT2D eigenvalue weighted by Gasteiger charge is -2.11. The number of aromatic nitrogens is 1. The van der Waals surface area contributed by atoms with E-state index in [9.17, 15) is 8.42 Å². The summed E-state index contributed by atoms with van der Waals surface area (Å²) in [5.41, 5.74) is 3.48. The number of hydrogen-bond acceptors (Lipinski definition) is 5. The summed E-state index contributed by atoms with van der Waals surface area (Å²) >= 11 is 5.97. The highest BCUT2D eigenvalue weighted by molar-refractivity contribution is 7.92. The first-order chi connectivity index (χ1) is 9.44. The third-order valence-electron chi connectivity index (χ3n) is 2.62. The number of nitrogens with one attached hydrogen (secondary N) is 2. The van der Waals surface area contributed by atoms with Gasteiger partial charge < -0.3 is 5.43 Å². The molecule has 1 aromatic carbocycles. The van der Waals surface area contributed by atoms with E-state index in [1.165, 1.54) is 18.3 Å². The highest BCUT2D eigenvalue weighted by Crippen LogP contribution is 2.24. The van der Waals surface area contributed by atoms with Crippen molar-refractivity contribution in [3.63, 3.8) is 0 Å². The molecule has 0 unspecified atom stereocenters. The molecule has 1 aromatic heterocycles. The van der Waals surface area contributed by atoms with Crippen molar-refractivity contribution in [3.05, 3.63) is 47.1 Å². The summed E-state index contributed by atoms with van der Waals surface area (Å²) in [5, 5.41) is 0.480. The van der Waals surface area contributed by atoms with Crippen molar-refractivity contribution in [2.24, 2.45) is 5.84 Å². The number of nitrogens with two attached hydrogens (primary N) is 1. The van der Waals surface area contributed by atoms with Crippen LogP contribution in [0.25, 0.3) is 0 Å². The van der Waals surface area contributed by atoms with Gasteiger partial charge in [-0.3, -0.25) is 4.72 Å². The molecule has 0 bridgehead atoms. The molecule has 0 aliphatic rings. The lowest BCUT2D eigenvalue weighted by Crippen LogP contribution is -2.18. The number of sulfonamides is 1. The molecule has 6 nitrogen and oxygen atoms in total. The maximum absolute atomic E-state index is 12.3. The van der Waals surface area contributed by atoms with Gasteiger partial charge in [0.15, 0.2) is 5.82 Å². The molecular formula is C12H13ClN4O2S. The van der Waals surface area contributed by atoms with Crippen molar-refractivity contribution in [1.29, 1.82) is 0 Å². The second-order valence-electron chi connectivity index (χ2n) is 4.06. The Kier molecular flexibility index (Phi) is 4.12. The number of nitrogen functional groups attached to an aromatic ring is 1. The third-order valence-corrected chi connectivity index (χ3v) is 4.44. The largest absolute Gasteiger partial charge is 0.307 e. The summed E-state index contributed by atoms with van der Waals surface area (Å²) in [6.45, 7) is 1.83. The molecule has 0 saturated heterocycles. The number of halogens is 1. The number of nitrogens with zero attached hydrogens (tertiary/aromatic N) is 1. The normalized spacial score (nSPS) is 11.2. The highest BCUT2D eigenvalue weighted by Gasteiger charge is 2.19. The standard InChI is InChI=1S/C12H13ClN4O2S/c1-8-4-5-9(7-10(8)13)17-20(18,19)11-3-2-6-15-12(11)16-14/h2-7,17H,14H2,1H3,(H,15,16). The van der Waals surface area contributed by atoms with E-state index in [-0.39, 0.29) is 10.7 Å². The molecule has 1 heterocycles. The van der Waals surface area contributed by atoms with Gasteiger partial charge in [-0.15, -0.1) is 0 Å². The zero-order valence-corrected chi connectivity index (χ0v) is 12.2. The van der Waals surface area contributed by atoms with E-state index in [1.807, 2.05) is 6.92 Å². The van der Waals surface area contributed by atoms with Gasteiger partial charge in [-0.1, -0.05) is 17.7 Å². The van der Waals surface area contributed by atoms with Crippen LogP contribution in [-0.2, 0) is 10.0 Å². The number of benzene rings is 1. The molecule has 0 saturated carbocycles. The summed E-state index contributed by atoms with van der Waals surface area (Å²) in [5.74, 6) is 5.33. The number of anilines is 2. The summed E-state index contributed by atoms with van der Waals surface area (Å²) in [4.78, 5) is 3.81. The molecule has 0 aliphatic heterocycles. The molecule has 106 valence electrons. The van der Waals surface area contributed by atoms with Crippen molar-refractivity contribution in [2.45, 2.75) is 11.8 Å². The molecule has 4 N–H and O–H groups in total. The van der Waals surface area contributed by atoms with Gasteiger partial charge in [-0.05, 0) is 36.8 Å². The molecule has 2 rings (SSSR count). The van der Waals surface area contributed by atoms with Gasteiger partial charge in [0, 0.05) is 11.2 Å². The van der Waals surface area contributed by atoms with E-state index in [4.69, 9.17) is 17.4 Å². The molecule has 0 atom stereocenters. The Labute approximate surface area is 122 Å². The van der Waals surface area contributed by atoms with Gasteiger partial charge in [0.05, 0.1) is 5.69 Å². The van der Waals surface area contributed by atoms with Gasteiger partial charge in [0.2, 0.25) is 0 Å². The molecule has 0 spiro atoms. The van der Waals surface area contributed by atoms with Gasteiger partial charge in [-0.2, -0.15) is 0 Å². The zero-order chi connectivity index (χ0) is 14.8. The Hall–Kier alpha value is -1.83. The Morgan fingerprint density at radius 3 is 2.70 bits per heavy atom. The average Bonchev–Trinajstić information content (AvgIpc) is 2.42. The smallest absolute Gasteiger partial charge is 0.265 e. The number of rotatable bonds is 4. The molecule has 0 amide bonds. The fourth-order valence-corrected chi connectivity index (χ4v) is 2.93. The summed E-state index contributed by atoms with van der Waals surface area (Å²) in [6.07, 6.45) is 1.44. The number of pyridine rings is 1. The van der Waals surface area contributed by atoms with E-state index in [2.05, 4.69) is 15.1 Å². The Morgan fingerprint density at radius 1 is 1.30 bits per heavy atom. The van der Waals surface area contributed by atoms with E-state index in [0.29, 0.717) is 10.7 Å². The minimum Gasteiger partial charge on any atom is -0.307 e. The van der Waals surface area contributed by atoms with Gasteiger partial charge in [0.25, 0.3) is 10.0 Å². The van der Waals surface area contributed by atoms with Gasteiger partial charge in [0.1, 0.15) is 4.90 Å². The Morgan fingerprint density at radius 2 is 2.05 bits per heavy atom. The van der Waals surface area contributed by atoms with Crippen LogP contribution >= 0.6 is 11.6 Å². The van der Waals surface area contributed by atoms with Crippen LogP contribution in [0, 0.1) is 6.92 Å². The second-order valence-corrected chi connectivity index (χ2v) is 6.12. The molecule has 2 aromatic rings. The van der Waals surface area contributed by atoms with E-state index >= 15 is 0 Å². The van der Waals surface area contributed by atoms with E-state index in [1.54, 1.807) is 18.2 Å². The lowest BCUT2D eigenvalue weighted by atomic mass is 10.2. The third kappa shape index (κ3) is 3.01. The van der Waals surface area contributed by atoms with Crippen LogP contribution in [0.4, 0.5) is 11.5 Å². The van der Waals surface area contributed by atoms with Crippen LogP contribution < -0.4 is 16.0 Å². The van der Waals surface area contributed by atoms with Crippen molar-refractivity contribution in [3.8, 4) is 0 Å². The first kappa shape index (κ1) is 14.6. The maximum Gasteiger partial charge on any atom is 0.265 e. The van der Waals surface area contributed by atoms with E-state index in [0.717, 1.165) is 5.56 Å². The summed E-state index contributed by atoms with van der Waals surface area (Å²) < 4.78 is 27.0. The van der Waals surface area contributed by atoms with Crippen LogP contribution in [0.5, 0.6) is 0 Å². The fraction of sp³-hybridized carbons (Fsp3) is 0.0833. The first-order valence-corrected chi connectivity index (χ1v) is 7.51. The summed E-state index contributed by atoms with van der Waals surface area (Å²) in [6, 6.07) is 7.81. The lowest BCUT2D eigenvalue weighted by molar-refractivity contribution is 0.601. The molecular weight excluding hydrogens is 300 g/mol. The first-order valence-electron chi connectivity index (χ1n) is 5.64. The van der Waals surface area contributed by atoms with Crippen LogP contribution in [-0.4, -0.2) is 13.4 Å². The number of hydrogen-bond donors (Lipinski definition) is 3. The zero-order valence-electron chi connectivity index (χ0n) is 10.6. The average molecular weight is 313 g/mol. The minimum absolute atomic E-state index is 0.0424. The molecule has 0 radical (unpaired) electrons. The Balaban J connectivity index is 2.38. The highest BCUT2D eigenvalue weighted by atomic mass is 35.5. The van der Waals surface area contributed by atoms with Crippen molar-refractivity contribution >= 4 is 33.1 Å². The quantitative estimate of drug-likeness (QED) is 0.593. The predicted octanol–water partition coefficient (Wildman–Crippen LogP) is 2.13. The number of hydrazine groups is 1. The molecule has 0 fully saturated rings. The Bertz CT molecular complexity index is 734. The predicted molar refractivity (Wildman–Crippen MR) is 79.0 cm³/mol. The summed E-state index contributed by atoms with van der Waals surface area (Å²) in [7, 11) is -3.80. The monoisotopic (exact) mass is 312 g/mol. The topological polar surface area (TPSA) is 97.1 Å². The second kappa shape index (κ2) is 5.66. The minimum atomic E-state index is -3.80. The molecule has 8 heteroatoms. The molecule has 20 heavy (non-hydrogen) atoms. The van der Waals surface area contributed by atoms with Crippen molar-refractivity contribution in [2.75, 3.05) is 10.1 Å². The van der Waals surface area contributed by atoms with Crippen LogP contribution in [0.2, 0.25) is 5.02 Å². The fourth-order valence-electron chi connectivity index (χ4n) is 1.58. The van der Waals surface area contributed by atoms with Crippen LogP contribution in [0.15, 0.2) is 41.4 Å². The van der Waals surface area contributed by atoms with Gasteiger partial charge in [-0.25, -0.2) is 19.2 Å². The maximum atomic E-state index is 12.3. The number of aryl methyl sites for hydroxylation is 1. The SMILES string of the molecule is Cc1ccc(NS(=O)(=O)c2cccnc2NN)cc1Cl. The molecule has 0 aliphatic carbocycles. The van der Waals surface area contributed by atoms with Gasteiger partial charge >= 0.3 is 0 Å². The van der Waals surface area contributed by atoms with E-state index < -0.39 is 10.0 Å². The van der Waals surface area contributed by atoms with Crippen LogP contribution in [0.1, 0.15) is 5.56 Å². The van der Waals surface area contributed by atoms with Crippen molar-refractivity contribution in [1.82, 2.24) is 4.98 Å². The van der Waals surface area contributed by atoms with Crippen LogP contribution in [0.3, 0.4) is 0 Å².